The van der Waals surface area contributed by atoms with E-state index in [-0.39, 0.29) is 5.92 Å². The van der Waals surface area contributed by atoms with Crippen molar-refractivity contribution in [3.05, 3.63) is 47.5 Å². The molecule has 0 amide bonds. The van der Waals surface area contributed by atoms with Crippen molar-refractivity contribution in [1.82, 2.24) is 0 Å². The molecule has 2 rings (SSSR count). The fraction of sp³-hybridized carbons (Fsp3) is 0.550. The van der Waals surface area contributed by atoms with Crippen molar-refractivity contribution in [3.63, 3.8) is 0 Å². The average Bonchev–Trinajstić information content (AvgIpc) is 2.48. The van der Waals surface area contributed by atoms with E-state index in [4.69, 9.17) is 0 Å². The molecule has 1 aliphatic rings. The Morgan fingerprint density at radius 3 is 2.52 bits per heavy atom. The number of rotatable bonds is 5. The molecule has 0 aromatic heterocycles. The van der Waals surface area contributed by atoms with E-state index < -0.39 is 0 Å². The summed E-state index contributed by atoms with van der Waals surface area (Å²) in [7, 11) is 0. The second-order valence-corrected chi connectivity index (χ2v) is 6.32. The molecule has 0 fully saturated rings. The van der Waals surface area contributed by atoms with Crippen LogP contribution in [-0.4, -0.2) is 5.78 Å². The monoisotopic (exact) mass is 284 g/mol. The predicted molar refractivity (Wildman–Crippen MR) is 89.4 cm³/mol. The van der Waals surface area contributed by atoms with E-state index >= 15 is 0 Å². The minimum Gasteiger partial charge on any atom is -0.294 e. The highest BCUT2D eigenvalue weighted by Crippen LogP contribution is 2.32. The Morgan fingerprint density at radius 1 is 1.10 bits per heavy atom. The topological polar surface area (TPSA) is 17.1 Å². The summed E-state index contributed by atoms with van der Waals surface area (Å²) in [5, 5.41) is 0. The molecule has 114 valence electrons. The number of hydrogen-bond donors (Lipinski definition) is 0. The lowest BCUT2D eigenvalue weighted by atomic mass is 9.78. The smallest absolute Gasteiger partial charge is 0.166 e. The molecule has 0 radical (unpaired) electrons. The fourth-order valence-corrected chi connectivity index (χ4v) is 3.25. The third-order valence-electron chi connectivity index (χ3n) is 4.76. The van der Waals surface area contributed by atoms with Crippen LogP contribution in [0.5, 0.6) is 0 Å². The predicted octanol–water partition coefficient (Wildman–Crippen LogP) is 5.67. The molecule has 1 heteroatoms. The van der Waals surface area contributed by atoms with E-state index in [2.05, 4.69) is 32.1 Å². The van der Waals surface area contributed by atoms with E-state index in [9.17, 15) is 4.79 Å². The highest BCUT2D eigenvalue weighted by Gasteiger charge is 2.27. The second kappa shape index (κ2) is 8.17. The van der Waals surface area contributed by atoms with Crippen molar-refractivity contribution < 1.29 is 4.79 Å². The van der Waals surface area contributed by atoms with Gasteiger partial charge in [0.25, 0.3) is 0 Å². The Kier molecular flexibility index (Phi) is 6.22. The van der Waals surface area contributed by atoms with Crippen LogP contribution in [0.15, 0.2) is 42.0 Å². The first-order valence-corrected chi connectivity index (χ1v) is 8.52. The van der Waals surface area contributed by atoms with Gasteiger partial charge in [0, 0.05) is 5.92 Å². The van der Waals surface area contributed by atoms with Gasteiger partial charge in [0.05, 0.1) is 0 Å². The summed E-state index contributed by atoms with van der Waals surface area (Å²) in [5.74, 6) is 0.797. The fourth-order valence-electron chi connectivity index (χ4n) is 3.25. The zero-order valence-electron chi connectivity index (χ0n) is 13.5. The van der Waals surface area contributed by atoms with Crippen LogP contribution in [-0.2, 0) is 4.79 Å². The lowest BCUT2D eigenvalue weighted by molar-refractivity contribution is -0.118. The summed E-state index contributed by atoms with van der Waals surface area (Å²) in [5.41, 5.74) is 2.27. The van der Waals surface area contributed by atoms with E-state index in [1.54, 1.807) is 0 Å². The van der Waals surface area contributed by atoms with Crippen molar-refractivity contribution in [2.75, 3.05) is 0 Å². The molecule has 0 N–H and O–H groups in total. The number of ketones is 1. The lowest BCUT2D eigenvalue weighted by Gasteiger charge is -2.24. The molecule has 0 saturated heterocycles. The Morgan fingerprint density at radius 2 is 1.81 bits per heavy atom. The van der Waals surface area contributed by atoms with E-state index in [0.29, 0.717) is 11.7 Å². The molecule has 2 atom stereocenters. The largest absolute Gasteiger partial charge is 0.294 e. The van der Waals surface area contributed by atoms with Crippen molar-refractivity contribution in [2.24, 2.45) is 5.92 Å². The van der Waals surface area contributed by atoms with Gasteiger partial charge in [-0.2, -0.15) is 0 Å². The Balaban J connectivity index is 2.25. The SMILES string of the molecule is CCC(C)C(C(=O)/C1=C/CCCCCC1)c1ccccc1. The Hall–Kier alpha value is -1.37. The molecule has 2 unspecified atom stereocenters. The van der Waals surface area contributed by atoms with E-state index in [1.807, 2.05) is 18.2 Å². The number of carbonyl (C=O) groups is 1. The number of Topliss-reactive ketones (excluding diaryl/α,β-unsaturated/α-hetero) is 1. The van der Waals surface area contributed by atoms with Gasteiger partial charge in [0.2, 0.25) is 0 Å². The van der Waals surface area contributed by atoms with Crippen LogP contribution in [0.3, 0.4) is 0 Å². The summed E-state index contributed by atoms with van der Waals surface area (Å²) < 4.78 is 0. The van der Waals surface area contributed by atoms with Gasteiger partial charge in [-0.15, -0.1) is 0 Å². The van der Waals surface area contributed by atoms with Gasteiger partial charge in [0.15, 0.2) is 5.78 Å². The van der Waals surface area contributed by atoms with Crippen molar-refractivity contribution in [2.45, 2.75) is 64.7 Å². The molecule has 0 saturated carbocycles. The second-order valence-electron chi connectivity index (χ2n) is 6.32. The quantitative estimate of drug-likeness (QED) is 0.681. The van der Waals surface area contributed by atoms with Gasteiger partial charge < -0.3 is 0 Å². The van der Waals surface area contributed by atoms with Crippen LogP contribution in [0.2, 0.25) is 0 Å². The maximum atomic E-state index is 13.1. The van der Waals surface area contributed by atoms with Crippen LogP contribution in [0.1, 0.15) is 70.3 Å². The molecule has 1 aromatic carbocycles. The molecule has 1 aromatic rings. The molecule has 1 nitrogen and oxygen atoms in total. The molecular weight excluding hydrogens is 256 g/mol. The third-order valence-corrected chi connectivity index (χ3v) is 4.76. The normalized spacial score (nSPS) is 21.5. The van der Waals surface area contributed by atoms with Crippen LogP contribution in [0.25, 0.3) is 0 Å². The molecule has 21 heavy (non-hydrogen) atoms. The Labute approximate surface area is 129 Å². The number of hydrogen-bond acceptors (Lipinski definition) is 1. The minimum atomic E-state index is 0.0295. The molecule has 1 aliphatic carbocycles. The van der Waals surface area contributed by atoms with E-state index in [1.165, 1.54) is 31.2 Å². The first kappa shape index (κ1) is 16.0. The zero-order valence-corrected chi connectivity index (χ0v) is 13.5. The zero-order chi connectivity index (χ0) is 15.1. The highest BCUT2D eigenvalue weighted by atomic mass is 16.1. The first-order valence-electron chi connectivity index (χ1n) is 8.52. The van der Waals surface area contributed by atoms with Gasteiger partial charge in [-0.25, -0.2) is 0 Å². The molecule has 0 heterocycles. The number of benzene rings is 1. The summed E-state index contributed by atoms with van der Waals surface area (Å²) >= 11 is 0. The molecule has 0 spiro atoms. The van der Waals surface area contributed by atoms with Gasteiger partial charge >= 0.3 is 0 Å². The maximum Gasteiger partial charge on any atom is 0.166 e. The van der Waals surface area contributed by atoms with E-state index in [0.717, 1.165) is 24.8 Å². The first-order chi connectivity index (χ1) is 10.2. The molecule has 0 bridgehead atoms. The minimum absolute atomic E-state index is 0.0295. The number of carbonyl (C=O) groups excluding carboxylic acids is 1. The third kappa shape index (κ3) is 4.30. The average molecular weight is 284 g/mol. The maximum absolute atomic E-state index is 13.1. The van der Waals surface area contributed by atoms with Gasteiger partial charge in [-0.05, 0) is 42.7 Å². The summed E-state index contributed by atoms with van der Waals surface area (Å²) in [6.07, 6.45) is 10.3. The lowest BCUT2D eigenvalue weighted by Crippen LogP contribution is -2.22. The van der Waals surface area contributed by atoms with Crippen molar-refractivity contribution >= 4 is 5.78 Å². The number of allylic oxidation sites excluding steroid dienone is 2. The molecular formula is C20H28O. The van der Waals surface area contributed by atoms with Crippen LogP contribution < -0.4 is 0 Å². The summed E-state index contributed by atoms with van der Waals surface area (Å²) in [4.78, 5) is 13.1. The summed E-state index contributed by atoms with van der Waals surface area (Å²) in [6, 6.07) is 10.3. The highest BCUT2D eigenvalue weighted by molar-refractivity contribution is 6.00. The van der Waals surface area contributed by atoms with Gasteiger partial charge in [0.1, 0.15) is 0 Å². The van der Waals surface area contributed by atoms with Crippen LogP contribution in [0, 0.1) is 5.92 Å². The van der Waals surface area contributed by atoms with Gasteiger partial charge in [-0.1, -0.05) is 69.5 Å². The van der Waals surface area contributed by atoms with Crippen molar-refractivity contribution in [1.29, 1.82) is 0 Å². The van der Waals surface area contributed by atoms with Crippen LogP contribution in [0.4, 0.5) is 0 Å². The van der Waals surface area contributed by atoms with Crippen LogP contribution >= 0.6 is 0 Å². The van der Waals surface area contributed by atoms with Gasteiger partial charge in [-0.3, -0.25) is 4.79 Å². The van der Waals surface area contributed by atoms with Crippen molar-refractivity contribution in [3.8, 4) is 0 Å². The Bertz CT molecular complexity index is 472. The standard InChI is InChI=1S/C20H28O/c1-3-16(2)19(17-12-10-7-11-13-17)20(21)18-14-8-5-4-6-9-15-18/h7,10-14,16,19H,3-6,8-9,15H2,1-2H3/b18-14+. The summed E-state index contributed by atoms with van der Waals surface area (Å²) in [6.45, 7) is 4.39. The molecule has 0 aliphatic heterocycles.